The molecule has 1 aromatic heterocycles. The van der Waals surface area contributed by atoms with E-state index in [-0.39, 0.29) is 11.9 Å². The molecular formula is C10H12BrN3O. The molecule has 15 heavy (non-hydrogen) atoms. The zero-order valence-electron chi connectivity index (χ0n) is 8.40. The van der Waals surface area contributed by atoms with Crippen LogP contribution in [-0.4, -0.2) is 35.4 Å². The SMILES string of the molecule is CN1CCC(Nc2cncc(Br)c2)C1=O. The molecule has 1 saturated heterocycles. The van der Waals surface area contributed by atoms with Gasteiger partial charge in [0, 0.05) is 24.3 Å². The molecule has 1 atom stereocenters. The largest absolute Gasteiger partial charge is 0.372 e. The second kappa shape index (κ2) is 4.18. The molecule has 1 amide bonds. The quantitative estimate of drug-likeness (QED) is 0.885. The predicted octanol–water partition coefficient (Wildman–Crippen LogP) is 1.49. The highest BCUT2D eigenvalue weighted by Gasteiger charge is 2.28. The van der Waals surface area contributed by atoms with Gasteiger partial charge in [-0.15, -0.1) is 0 Å². The lowest BCUT2D eigenvalue weighted by molar-refractivity contribution is -0.127. The van der Waals surface area contributed by atoms with Crippen LogP contribution in [0.4, 0.5) is 5.69 Å². The van der Waals surface area contributed by atoms with Crippen molar-refractivity contribution in [2.45, 2.75) is 12.5 Å². The molecule has 1 aliphatic heterocycles. The van der Waals surface area contributed by atoms with Crippen LogP contribution in [0.1, 0.15) is 6.42 Å². The lowest BCUT2D eigenvalue weighted by Crippen LogP contribution is -2.30. The summed E-state index contributed by atoms with van der Waals surface area (Å²) in [7, 11) is 1.82. The van der Waals surface area contributed by atoms with E-state index in [4.69, 9.17) is 0 Å². The first-order valence-corrected chi connectivity index (χ1v) is 5.58. The van der Waals surface area contributed by atoms with E-state index in [9.17, 15) is 4.79 Å². The smallest absolute Gasteiger partial charge is 0.244 e. The highest BCUT2D eigenvalue weighted by Crippen LogP contribution is 2.18. The highest BCUT2D eigenvalue weighted by molar-refractivity contribution is 9.10. The number of hydrogen-bond donors (Lipinski definition) is 1. The molecule has 1 fully saturated rings. The zero-order chi connectivity index (χ0) is 10.8. The Labute approximate surface area is 96.8 Å². The number of likely N-dealkylation sites (N-methyl/N-ethyl adjacent to an activating group) is 1. The van der Waals surface area contributed by atoms with Gasteiger partial charge in [-0.25, -0.2) is 0 Å². The van der Waals surface area contributed by atoms with Crippen molar-refractivity contribution in [3.05, 3.63) is 22.9 Å². The second-order valence-electron chi connectivity index (χ2n) is 3.64. The van der Waals surface area contributed by atoms with Crippen LogP contribution in [0.25, 0.3) is 0 Å². The Morgan fingerprint density at radius 2 is 2.40 bits per heavy atom. The van der Waals surface area contributed by atoms with Crippen LogP contribution in [0, 0.1) is 0 Å². The molecule has 5 heteroatoms. The van der Waals surface area contributed by atoms with Crippen LogP contribution in [-0.2, 0) is 4.79 Å². The number of hydrogen-bond acceptors (Lipinski definition) is 3. The third-order valence-electron chi connectivity index (χ3n) is 2.47. The van der Waals surface area contributed by atoms with Gasteiger partial charge in [-0.05, 0) is 28.4 Å². The molecule has 0 aromatic carbocycles. The summed E-state index contributed by atoms with van der Waals surface area (Å²) in [5.41, 5.74) is 0.873. The summed E-state index contributed by atoms with van der Waals surface area (Å²) in [6.45, 7) is 0.817. The van der Waals surface area contributed by atoms with Crippen molar-refractivity contribution in [1.82, 2.24) is 9.88 Å². The van der Waals surface area contributed by atoms with E-state index < -0.39 is 0 Å². The van der Waals surface area contributed by atoms with E-state index in [2.05, 4.69) is 26.2 Å². The Bertz CT molecular complexity index is 383. The first-order valence-electron chi connectivity index (χ1n) is 4.79. The number of likely N-dealkylation sites (tertiary alicyclic amines) is 1. The number of rotatable bonds is 2. The minimum absolute atomic E-state index is 0.105. The minimum atomic E-state index is -0.105. The van der Waals surface area contributed by atoms with Gasteiger partial charge in [0.2, 0.25) is 5.91 Å². The summed E-state index contributed by atoms with van der Waals surface area (Å²) in [6, 6.07) is 1.81. The number of amides is 1. The van der Waals surface area contributed by atoms with Crippen LogP contribution in [0.3, 0.4) is 0 Å². The summed E-state index contributed by atoms with van der Waals surface area (Å²) < 4.78 is 0.909. The van der Waals surface area contributed by atoms with Gasteiger partial charge in [0.1, 0.15) is 6.04 Å². The Hall–Kier alpha value is -1.10. The van der Waals surface area contributed by atoms with Gasteiger partial charge in [-0.1, -0.05) is 0 Å². The molecule has 2 rings (SSSR count). The van der Waals surface area contributed by atoms with Gasteiger partial charge in [0.25, 0.3) is 0 Å². The first kappa shape index (κ1) is 10.4. The molecule has 1 aromatic rings. The van der Waals surface area contributed by atoms with Crippen molar-refractivity contribution >= 4 is 27.5 Å². The summed E-state index contributed by atoms with van der Waals surface area (Å²) in [6.07, 6.45) is 4.28. The standard InChI is InChI=1S/C10H12BrN3O/c1-14-3-2-9(10(14)15)13-8-4-7(11)5-12-6-8/h4-6,9,13H,2-3H2,1H3. The number of nitrogens with one attached hydrogen (secondary N) is 1. The molecule has 0 spiro atoms. The molecule has 2 heterocycles. The van der Waals surface area contributed by atoms with E-state index in [1.54, 1.807) is 17.3 Å². The monoisotopic (exact) mass is 269 g/mol. The Kier molecular flexibility index (Phi) is 2.90. The fourth-order valence-electron chi connectivity index (χ4n) is 1.65. The summed E-state index contributed by atoms with van der Waals surface area (Å²) >= 11 is 3.34. The topological polar surface area (TPSA) is 45.2 Å². The van der Waals surface area contributed by atoms with Crippen LogP contribution in [0.5, 0.6) is 0 Å². The Balaban J connectivity index is 2.06. The third-order valence-corrected chi connectivity index (χ3v) is 2.91. The fourth-order valence-corrected chi connectivity index (χ4v) is 2.01. The number of halogens is 1. The number of aromatic nitrogens is 1. The Morgan fingerprint density at radius 1 is 1.60 bits per heavy atom. The van der Waals surface area contributed by atoms with E-state index in [1.807, 2.05) is 13.1 Å². The van der Waals surface area contributed by atoms with E-state index >= 15 is 0 Å². The van der Waals surface area contributed by atoms with Gasteiger partial charge >= 0.3 is 0 Å². The van der Waals surface area contributed by atoms with Gasteiger partial charge in [0.15, 0.2) is 0 Å². The number of carbonyl (C=O) groups is 1. The molecule has 0 aliphatic carbocycles. The minimum Gasteiger partial charge on any atom is -0.372 e. The molecule has 0 bridgehead atoms. The maximum Gasteiger partial charge on any atom is 0.244 e. The molecule has 1 unspecified atom stereocenters. The molecule has 80 valence electrons. The first-order chi connectivity index (χ1) is 7.16. The second-order valence-corrected chi connectivity index (χ2v) is 4.55. The number of anilines is 1. The lowest BCUT2D eigenvalue weighted by Gasteiger charge is -2.13. The molecule has 1 aliphatic rings. The zero-order valence-corrected chi connectivity index (χ0v) is 9.99. The summed E-state index contributed by atoms with van der Waals surface area (Å²) in [5, 5.41) is 3.18. The van der Waals surface area contributed by atoms with Crippen molar-refractivity contribution in [3.8, 4) is 0 Å². The number of pyridine rings is 1. The maximum absolute atomic E-state index is 11.6. The van der Waals surface area contributed by atoms with Crippen LogP contribution >= 0.6 is 15.9 Å². The molecule has 1 N–H and O–H groups in total. The molecule has 4 nitrogen and oxygen atoms in total. The summed E-state index contributed by atoms with van der Waals surface area (Å²) in [5.74, 6) is 0.148. The number of carbonyl (C=O) groups excluding carboxylic acids is 1. The highest BCUT2D eigenvalue weighted by atomic mass is 79.9. The van der Waals surface area contributed by atoms with Gasteiger partial charge in [-0.2, -0.15) is 0 Å². The average molecular weight is 270 g/mol. The van der Waals surface area contributed by atoms with Gasteiger partial charge in [-0.3, -0.25) is 9.78 Å². The number of nitrogens with zero attached hydrogens (tertiary/aromatic N) is 2. The fraction of sp³-hybridized carbons (Fsp3) is 0.400. The summed E-state index contributed by atoms with van der Waals surface area (Å²) in [4.78, 5) is 17.4. The molecular weight excluding hydrogens is 258 g/mol. The van der Waals surface area contributed by atoms with Crippen molar-refractivity contribution in [2.24, 2.45) is 0 Å². The van der Waals surface area contributed by atoms with Crippen LogP contribution in [0.2, 0.25) is 0 Å². The van der Waals surface area contributed by atoms with Crippen molar-refractivity contribution < 1.29 is 4.79 Å². The van der Waals surface area contributed by atoms with Gasteiger partial charge in [0.05, 0.1) is 11.9 Å². The molecule has 0 radical (unpaired) electrons. The normalized spacial score (nSPS) is 20.8. The van der Waals surface area contributed by atoms with Crippen molar-refractivity contribution in [3.63, 3.8) is 0 Å². The van der Waals surface area contributed by atoms with E-state index in [0.29, 0.717) is 0 Å². The van der Waals surface area contributed by atoms with E-state index in [0.717, 1.165) is 23.1 Å². The maximum atomic E-state index is 11.6. The average Bonchev–Trinajstić information content (AvgIpc) is 2.50. The third kappa shape index (κ3) is 2.28. The van der Waals surface area contributed by atoms with Crippen LogP contribution in [0.15, 0.2) is 22.9 Å². The Morgan fingerprint density at radius 3 is 3.00 bits per heavy atom. The lowest BCUT2D eigenvalue weighted by atomic mass is 10.2. The van der Waals surface area contributed by atoms with Gasteiger partial charge < -0.3 is 10.2 Å². The van der Waals surface area contributed by atoms with Crippen molar-refractivity contribution in [1.29, 1.82) is 0 Å². The van der Waals surface area contributed by atoms with Crippen molar-refractivity contribution in [2.75, 3.05) is 18.9 Å². The van der Waals surface area contributed by atoms with Crippen LogP contribution < -0.4 is 5.32 Å². The predicted molar refractivity (Wildman–Crippen MR) is 61.6 cm³/mol. The molecule has 0 saturated carbocycles. The van der Waals surface area contributed by atoms with E-state index in [1.165, 1.54) is 0 Å².